The smallest absolute Gasteiger partial charge is 0.256 e. The summed E-state index contributed by atoms with van der Waals surface area (Å²) >= 11 is 0. The summed E-state index contributed by atoms with van der Waals surface area (Å²) in [4.78, 5) is 16.3. The number of hydrogen-bond donors (Lipinski definition) is 0. The van der Waals surface area contributed by atoms with E-state index in [0.29, 0.717) is 12.3 Å². The number of carbonyl (C=O) groups is 1. The molecular weight excluding hydrogens is 315 g/mol. The third kappa shape index (κ3) is 3.79. The fraction of sp³-hybridized carbons (Fsp3) is 0.588. The van der Waals surface area contributed by atoms with Gasteiger partial charge in [-0.05, 0) is 19.5 Å². The number of rotatable bonds is 6. The minimum Gasteiger partial charge on any atom is -0.493 e. The number of likely N-dealkylation sites (tertiary alicyclic amines) is 1. The Morgan fingerprint density at radius 1 is 1.29 bits per heavy atom. The number of carbonyl (C=O) groups excluding carboxylic acids is 1. The Labute approximate surface area is 142 Å². The van der Waals surface area contributed by atoms with Gasteiger partial charge in [-0.15, -0.1) is 0 Å². The molecule has 1 aromatic carbocycles. The van der Waals surface area contributed by atoms with Gasteiger partial charge in [-0.2, -0.15) is 0 Å². The lowest BCUT2D eigenvalue weighted by atomic mass is 10.1. The predicted octanol–water partition coefficient (Wildman–Crippen LogP) is 1.63. The summed E-state index contributed by atoms with van der Waals surface area (Å²) in [6.07, 6.45) is 1.01. The molecule has 1 aliphatic rings. The number of nitrogens with zero attached hydrogens (tertiary/aromatic N) is 2. The van der Waals surface area contributed by atoms with E-state index in [1.54, 1.807) is 14.2 Å². The van der Waals surface area contributed by atoms with E-state index in [0.717, 1.165) is 13.0 Å². The standard InChI is InChI=1S/C17H25FN2O4/c1-19-10-12(22-3)6-11(19)9-20(2)17(21)13-7-15(23-4)16(24-5)8-14(13)18/h7-8,11-12H,6,9-10H2,1-5H3/t11-,12-/m0/s1. The first kappa shape index (κ1) is 18.5. The quantitative estimate of drug-likeness (QED) is 0.788. The second-order valence-electron chi connectivity index (χ2n) is 6.06. The first-order chi connectivity index (χ1) is 11.4. The molecule has 0 saturated carbocycles. The summed E-state index contributed by atoms with van der Waals surface area (Å²) in [5.74, 6) is -0.428. The van der Waals surface area contributed by atoms with Crippen LogP contribution in [0.2, 0.25) is 0 Å². The highest BCUT2D eigenvalue weighted by Crippen LogP contribution is 2.30. The van der Waals surface area contributed by atoms with Gasteiger partial charge in [-0.3, -0.25) is 9.69 Å². The van der Waals surface area contributed by atoms with Crippen LogP contribution in [0.3, 0.4) is 0 Å². The van der Waals surface area contributed by atoms with Crippen molar-refractivity contribution in [3.05, 3.63) is 23.5 Å². The molecule has 0 aliphatic carbocycles. The zero-order chi connectivity index (χ0) is 17.9. The number of amides is 1. The van der Waals surface area contributed by atoms with Crippen LogP contribution in [0, 0.1) is 5.82 Å². The second kappa shape index (κ2) is 7.81. The maximum absolute atomic E-state index is 14.3. The summed E-state index contributed by atoms with van der Waals surface area (Å²) in [6, 6.07) is 2.73. The van der Waals surface area contributed by atoms with Crippen molar-refractivity contribution in [2.75, 3.05) is 48.5 Å². The molecule has 6 nitrogen and oxygen atoms in total. The molecule has 1 fully saturated rings. The van der Waals surface area contributed by atoms with E-state index in [2.05, 4.69) is 4.90 Å². The molecule has 2 atom stereocenters. The van der Waals surface area contributed by atoms with Crippen LogP contribution in [0.1, 0.15) is 16.8 Å². The van der Waals surface area contributed by atoms with Crippen LogP contribution in [0.4, 0.5) is 4.39 Å². The van der Waals surface area contributed by atoms with Crippen LogP contribution in [0.15, 0.2) is 12.1 Å². The molecule has 1 saturated heterocycles. The summed E-state index contributed by atoms with van der Waals surface area (Å²) in [5.41, 5.74) is -0.0286. The molecule has 0 N–H and O–H groups in total. The van der Waals surface area contributed by atoms with E-state index in [-0.39, 0.29) is 29.4 Å². The third-order valence-corrected chi connectivity index (χ3v) is 4.52. The van der Waals surface area contributed by atoms with Crippen LogP contribution in [-0.2, 0) is 4.74 Å². The van der Waals surface area contributed by atoms with E-state index < -0.39 is 5.82 Å². The molecule has 1 amide bonds. The Kier molecular flexibility index (Phi) is 6.01. The molecule has 1 aliphatic heterocycles. The van der Waals surface area contributed by atoms with Crippen LogP contribution in [-0.4, -0.2) is 76.4 Å². The lowest BCUT2D eigenvalue weighted by Crippen LogP contribution is -2.39. The lowest BCUT2D eigenvalue weighted by Gasteiger charge is -2.26. The molecule has 7 heteroatoms. The Morgan fingerprint density at radius 2 is 1.92 bits per heavy atom. The largest absolute Gasteiger partial charge is 0.493 e. The van der Waals surface area contributed by atoms with Gasteiger partial charge in [0.15, 0.2) is 11.5 Å². The van der Waals surface area contributed by atoms with Gasteiger partial charge in [0, 0.05) is 39.4 Å². The first-order valence-corrected chi connectivity index (χ1v) is 7.81. The number of hydrogen-bond acceptors (Lipinski definition) is 5. The van der Waals surface area contributed by atoms with Crippen molar-refractivity contribution < 1.29 is 23.4 Å². The molecule has 134 valence electrons. The van der Waals surface area contributed by atoms with E-state index in [4.69, 9.17) is 14.2 Å². The average molecular weight is 340 g/mol. The van der Waals surface area contributed by atoms with Crippen molar-refractivity contribution in [2.45, 2.75) is 18.6 Å². The summed E-state index contributed by atoms with van der Waals surface area (Å²) in [7, 11) is 8.24. The topological polar surface area (TPSA) is 51.2 Å². The average Bonchev–Trinajstić information content (AvgIpc) is 2.93. The fourth-order valence-corrected chi connectivity index (χ4v) is 3.04. The van der Waals surface area contributed by atoms with Gasteiger partial charge >= 0.3 is 0 Å². The molecule has 1 aromatic rings. The zero-order valence-electron chi connectivity index (χ0n) is 14.8. The zero-order valence-corrected chi connectivity index (χ0v) is 14.8. The van der Waals surface area contributed by atoms with Gasteiger partial charge in [0.1, 0.15) is 5.82 Å². The molecule has 0 bridgehead atoms. The Hall–Kier alpha value is -1.86. The van der Waals surface area contributed by atoms with E-state index in [1.165, 1.54) is 31.3 Å². The number of ether oxygens (including phenoxy) is 3. The first-order valence-electron chi connectivity index (χ1n) is 7.81. The SMILES string of the molecule is COc1cc(F)c(C(=O)N(C)C[C@@H]2C[C@H](OC)CN2C)cc1OC. The maximum Gasteiger partial charge on any atom is 0.256 e. The third-order valence-electron chi connectivity index (χ3n) is 4.52. The van der Waals surface area contributed by atoms with E-state index in [9.17, 15) is 9.18 Å². The number of halogens is 1. The van der Waals surface area contributed by atoms with Crippen molar-refractivity contribution in [1.29, 1.82) is 0 Å². The summed E-state index contributed by atoms with van der Waals surface area (Å²) in [6.45, 7) is 1.33. The molecule has 0 aromatic heterocycles. The fourth-order valence-electron chi connectivity index (χ4n) is 3.04. The van der Waals surface area contributed by atoms with Gasteiger partial charge in [-0.1, -0.05) is 0 Å². The summed E-state index contributed by atoms with van der Waals surface area (Å²) in [5, 5.41) is 0. The molecular formula is C17H25FN2O4. The van der Waals surface area contributed by atoms with Crippen molar-refractivity contribution >= 4 is 5.91 Å². The molecule has 0 unspecified atom stereocenters. The Balaban J connectivity index is 2.13. The molecule has 2 rings (SSSR count). The number of likely N-dealkylation sites (N-methyl/N-ethyl adjacent to an activating group) is 2. The van der Waals surface area contributed by atoms with E-state index >= 15 is 0 Å². The van der Waals surface area contributed by atoms with Crippen LogP contribution < -0.4 is 9.47 Å². The van der Waals surface area contributed by atoms with Crippen molar-refractivity contribution in [3.63, 3.8) is 0 Å². The van der Waals surface area contributed by atoms with Gasteiger partial charge < -0.3 is 19.1 Å². The lowest BCUT2D eigenvalue weighted by molar-refractivity contribution is 0.0755. The predicted molar refractivity (Wildman–Crippen MR) is 88.3 cm³/mol. The Morgan fingerprint density at radius 3 is 2.46 bits per heavy atom. The highest BCUT2D eigenvalue weighted by molar-refractivity contribution is 5.95. The highest BCUT2D eigenvalue weighted by Gasteiger charge is 2.31. The minimum absolute atomic E-state index is 0.0286. The van der Waals surface area contributed by atoms with E-state index in [1.807, 2.05) is 7.05 Å². The molecule has 1 heterocycles. The Bertz CT molecular complexity index is 596. The number of benzene rings is 1. The maximum atomic E-state index is 14.3. The van der Waals surface area contributed by atoms with Gasteiger partial charge in [0.25, 0.3) is 5.91 Å². The van der Waals surface area contributed by atoms with Crippen LogP contribution >= 0.6 is 0 Å². The monoisotopic (exact) mass is 340 g/mol. The van der Waals surface area contributed by atoms with Crippen molar-refractivity contribution in [2.24, 2.45) is 0 Å². The van der Waals surface area contributed by atoms with Gasteiger partial charge in [0.2, 0.25) is 0 Å². The van der Waals surface area contributed by atoms with Crippen molar-refractivity contribution in [3.8, 4) is 11.5 Å². The molecule has 24 heavy (non-hydrogen) atoms. The van der Waals surface area contributed by atoms with Crippen molar-refractivity contribution in [1.82, 2.24) is 9.80 Å². The minimum atomic E-state index is -0.626. The molecule has 0 spiro atoms. The number of methoxy groups -OCH3 is 3. The van der Waals surface area contributed by atoms with Crippen LogP contribution in [0.25, 0.3) is 0 Å². The normalized spacial score (nSPS) is 20.9. The second-order valence-corrected chi connectivity index (χ2v) is 6.06. The van der Waals surface area contributed by atoms with Gasteiger partial charge in [0.05, 0.1) is 25.9 Å². The van der Waals surface area contributed by atoms with Gasteiger partial charge in [-0.25, -0.2) is 4.39 Å². The highest BCUT2D eigenvalue weighted by atomic mass is 19.1. The van der Waals surface area contributed by atoms with Crippen LogP contribution in [0.5, 0.6) is 11.5 Å². The summed E-state index contributed by atoms with van der Waals surface area (Å²) < 4.78 is 29.8. The molecule has 0 radical (unpaired) electrons.